The molecule has 3 aliphatic rings. The molecule has 1 fully saturated rings. The highest BCUT2D eigenvalue weighted by Gasteiger charge is 2.28. The largest absolute Gasteiger partial charge is 0.461 e. The normalized spacial score (nSPS) is 19.2. The minimum absolute atomic E-state index is 0.0448. The lowest BCUT2D eigenvalue weighted by molar-refractivity contribution is -0.110. The third-order valence-electron chi connectivity index (χ3n) is 7.57. The van der Waals surface area contributed by atoms with E-state index in [-0.39, 0.29) is 5.91 Å². The topological polar surface area (TPSA) is 45.5 Å². The summed E-state index contributed by atoms with van der Waals surface area (Å²) in [4.78, 5) is 15.6. The summed E-state index contributed by atoms with van der Waals surface area (Å²) in [6.07, 6.45) is 11.3. The Balaban J connectivity index is 1.35. The first-order valence-electron chi connectivity index (χ1n) is 12.8. The zero-order chi connectivity index (χ0) is 22.9. The van der Waals surface area contributed by atoms with Gasteiger partial charge in [-0.05, 0) is 81.0 Å². The number of fused-ring (bicyclic) bond motifs is 2. The second kappa shape index (κ2) is 9.27. The van der Waals surface area contributed by atoms with Crippen LogP contribution >= 0.6 is 0 Å². The Hall–Kier alpha value is -3.11. The molecular weight excluding hydrogens is 420 g/mol. The van der Waals surface area contributed by atoms with E-state index in [2.05, 4.69) is 52.7 Å². The number of nitrogens with zero attached hydrogens (tertiary/aromatic N) is 1. The van der Waals surface area contributed by atoms with Crippen LogP contribution in [0.4, 0.5) is 5.69 Å². The minimum atomic E-state index is -0.0448. The first kappa shape index (κ1) is 21.4. The molecular formula is C30H32N2O2. The van der Waals surface area contributed by atoms with Crippen molar-refractivity contribution in [1.29, 1.82) is 0 Å². The van der Waals surface area contributed by atoms with Crippen molar-refractivity contribution >= 4 is 23.2 Å². The summed E-state index contributed by atoms with van der Waals surface area (Å²) in [5, 5.41) is 3.06. The zero-order valence-corrected chi connectivity index (χ0v) is 19.7. The number of aryl methyl sites for hydroxylation is 1. The third-order valence-corrected chi connectivity index (χ3v) is 7.57. The summed E-state index contributed by atoms with van der Waals surface area (Å²) in [5.74, 6) is 1.86. The Morgan fingerprint density at radius 2 is 1.76 bits per heavy atom. The first-order valence-corrected chi connectivity index (χ1v) is 12.8. The molecule has 1 saturated heterocycles. The highest BCUT2D eigenvalue weighted by Crippen LogP contribution is 2.41. The molecule has 6 rings (SSSR count). The van der Waals surface area contributed by atoms with E-state index in [4.69, 9.17) is 4.42 Å². The van der Waals surface area contributed by atoms with E-state index >= 15 is 0 Å². The Morgan fingerprint density at radius 1 is 0.941 bits per heavy atom. The van der Waals surface area contributed by atoms with Crippen LogP contribution in [0.5, 0.6) is 0 Å². The predicted molar refractivity (Wildman–Crippen MR) is 138 cm³/mol. The van der Waals surface area contributed by atoms with E-state index in [0.29, 0.717) is 5.57 Å². The van der Waals surface area contributed by atoms with Gasteiger partial charge in [0, 0.05) is 35.3 Å². The molecule has 174 valence electrons. The van der Waals surface area contributed by atoms with Crippen LogP contribution in [0.25, 0.3) is 22.8 Å². The molecule has 0 spiro atoms. The summed E-state index contributed by atoms with van der Waals surface area (Å²) in [6, 6.07) is 16.9. The van der Waals surface area contributed by atoms with Gasteiger partial charge >= 0.3 is 0 Å². The molecule has 0 saturated carbocycles. The van der Waals surface area contributed by atoms with E-state index in [1.807, 2.05) is 12.1 Å². The van der Waals surface area contributed by atoms with Crippen molar-refractivity contribution in [2.24, 2.45) is 0 Å². The van der Waals surface area contributed by atoms with Gasteiger partial charge in [-0.1, -0.05) is 42.8 Å². The van der Waals surface area contributed by atoms with Gasteiger partial charge < -0.3 is 14.6 Å². The molecule has 3 aromatic rings. The van der Waals surface area contributed by atoms with Crippen molar-refractivity contribution in [1.82, 2.24) is 4.90 Å². The lowest BCUT2D eigenvalue weighted by Crippen LogP contribution is -2.31. The first-order chi connectivity index (χ1) is 16.8. The van der Waals surface area contributed by atoms with E-state index in [1.165, 1.54) is 49.9 Å². The molecule has 0 unspecified atom stereocenters. The zero-order valence-electron chi connectivity index (χ0n) is 19.7. The van der Waals surface area contributed by atoms with Crippen molar-refractivity contribution in [2.45, 2.75) is 51.4 Å². The molecule has 34 heavy (non-hydrogen) atoms. The van der Waals surface area contributed by atoms with Gasteiger partial charge in [0.1, 0.15) is 11.5 Å². The summed E-state index contributed by atoms with van der Waals surface area (Å²) >= 11 is 0. The summed E-state index contributed by atoms with van der Waals surface area (Å²) in [5.41, 5.74) is 7.52. The number of anilines is 1. The van der Waals surface area contributed by atoms with Crippen LogP contribution in [0.2, 0.25) is 0 Å². The van der Waals surface area contributed by atoms with Gasteiger partial charge in [0.2, 0.25) is 0 Å². The second-order valence-corrected chi connectivity index (χ2v) is 9.86. The molecule has 0 atom stereocenters. The summed E-state index contributed by atoms with van der Waals surface area (Å²) in [6.45, 7) is 3.51. The number of rotatable bonds is 5. The number of benzene rings is 2. The van der Waals surface area contributed by atoms with Crippen molar-refractivity contribution < 1.29 is 9.21 Å². The van der Waals surface area contributed by atoms with Gasteiger partial charge in [-0.2, -0.15) is 0 Å². The van der Waals surface area contributed by atoms with Crippen LogP contribution in [-0.4, -0.2) is 30.4 Å². The van der Waals surface area contributed by atoms with Gasteiger partial charge in [-0.15, -0.1) is 0 Å². The average molecular weight is 453 g/mol. The van der Waals surface area contributed by atoms with Crippen LogP contribution in [0.15, 0.2) is 52.9 Å². The second-order valence-electron chi connectivity index (χ2n) is 9.86. The fourth-order valence-electron chi connectivity index (χ4n) is 5.75. The number of carbonyl (C=O) groups is 1. The molecule has 4 heteroatoms. The van der Waals surface area contributed by atoms with Crippen LogP contribution in [0, 0.1) is 0 Å². The van der Waals surface area contributed by atoms with Crippen LogP contribution in [0.3, 0.4) is 0 Å². The van der Waals surface area contributed by atoms with E-state index < -0.39 is 0 Å². The Labute approximate surface area is 201 Å². The molecule has 1 aliphatic carbocycles. The highest BCUT2D eigenvalue weighted by atomic mass is 16.3. The molecule has 2 aromatic carbocycles. The maximum absolute atomic E-state index is 13.0. The van der Waals surface area contributed by atoms with Gasteiger partial charge in [0.05, 0.1) is 5.57 Å². The number of piperidine rings is 1. The van der Waals surface area contributed by atoms with Gasteiger partial charge in [-0.25, -0.2) is 0 Å². The van der Waals surface area contributed by atoms with Crippen molar-refractivity contribution in [3.63, 3.8) is 0 Å². The van der Waals surface area contributed by atoms with Crippen LogP contribution in [0.1, 0.15) is 60.3 Å². The number of likely N-dealkylation sites (tertiary alicyclic amines) is 1. The van der Waals surface area contributed by atoms with E-state index in [1.54, 1.807) is 0 Å². The molecule has 0 bridgehead atoms. The molecule has 2 aliphatic heterocycles. The van der Waals surface area contributed by atoms with Gasteiger partial charge in [0.25, 0.3) is 5.91 Å². The molecule has 3 heterocycles. The number of nitrogens with one attached hydrogen (secondary N) is 1. The third kappa shape index (κ3) is 4.12. The Kier molecular flexibility index (Phi) is 5.84. The molecule has 4 nitrogen and oxygen atoms in total. The lowest BCUT2D eigenvalue weighted by atomic mass is 9.91. The van der Waals surface area contributed by atoms with Crippen molar-refractivity contribution in [3.05, 3.63) is 76.7 Å². The van der Waals surface area contributed by atoms with Crippen LogP contribution < -0.4 is 5.32 Å². The Morgan fingerprint density at radius 3 is 2.62 bits per heavy atom. The fourth-order valence-corrected chi connectivity index (χ4v) is 5.75. The maximum Gasteiger partial charge on any atom is 0.256 e. The standard InChI is InChI=1S/C30H32N2O2/c33-30-25(24-19-21(13-14-26(24)31-30)15-18-32-16-7-2-8-17-32)20-28-29(22-9-3-1-4-10-22)23-11-5-6-12-27(23)34-28/h1,3-4,9-10,13-14,19-20H,2,5-8,11-12,15-18H2,(H,31,33). The summed E-state index contributed by atoms with van der Waals surface area (Å²) in [7, 11) is 0. The summed E-state index contributed by atoms with van der Waals surface area (Å²) < 4.78 is 6.41. The Bertz CT molecular complexity index is 1230. The number of amides is 1. The quantitative estimate of drug-likeness (QED) is 0.459. The monoisotopic (exact) mass is 452 g/mol. The van der Waals surface area contributed by atoms with Crippen molar-refractivity contribution in [2.75, 3.05) is 25.0 Å². The number of hydrogen-bond donors (Lipinski definition) is 1. The maximum atomic E-state index is 13.0. The van der Waals surface area contributed by atoms with Crippen molar-refractivity contribution in [3.8, 4) is 11.1 Å². The minimum Gasteiger partial charge on any atom is -0.461 e. The SMILES string of the molecule is O=C1Nc2ccc(CCN3CCCCC3)cc2C1=Cc1oc2c(c1-c1ccccc1)CCCC2. The number of carbonyl (C=O) groups excluding carboxylic acids is 1. The van der Waals surface area contributed by atoms with Crippen LogP contribution in [-0.2, 0) is 24.1 Å². The smallest absolute Gasteiger partial charge is 0.256 e. The molecule has 1 aromatic heterocycles. The lowest BCUT2D eigenvalue weighted by Gasteiger charge is -2.26. The van der Waals surface area contributed by atoms with E-state index in [0.717, 1.165) is 66.1 Å². The van der Waals surface area contributed by atoms with Gasteiger partial charge in [0.15, 0.2) is 0 Å². The molecule has 1 amide bonds. The predicted octanol–water partition coefficient (Wildman–Crippen LogP) is 6.35. The van der Waals surface area contributed by atoms with E-state index in [9.17, 15) is 4.79 Å². The fraction of sp³-hybridized carbons (Fsp3) is 0.367. The molecule has 1 N–H and O–H groups in total. The highest BCUT2D eigenvalue weighted by molar-refractivity contribution is 6.35. The average Bonchev–Trinajstić information content (AvgIpc) is 3.40. The number of hydrogen-bond acceptors (Lipinski definition) is 3. The molecule has 0 radical (unpaired) electrons. The van der Waals surface area contributed by atoms with Gasteiger partial charge in [-0.3, -0.25) is 4.79 Å². The number of furan rings is 1.